The molecule has 5 atom stereocenters. The first kappa shape index (κ1) is 8.41. The molecule has 0 amide bonds. The Labute approximate surface area is 81.6 Å². The van der Waals surface area contributed by atoms with Gasteiger partial charge in [0, 0.05) is 11.8 Å². The van der Waals surface area contributed by atoms with Crippen LogP contribution in [0.5, 0.6) is 0 Å². The molecule has 4 heteroatoms. The second-order valence-electron chi connectivity index (χ2n) is 4.54. The van der Waals surface area contributed by atoms with Crippen LogP contribution >= 0.6 is 0 Å². The molecule has 2 saturated carbocycles. The average molecular weight is 196 g/mol. The van der Waals surface area contributed by atoms with Crippen molar-refractivity contribution in [1.29, 1.82) is 0 Å². The Morgan fingerprint density at radius 1 is 1.50 bits per heavy atom. The van der Waals surface area contributed by atoms with E-state index < -0.39 is 0 Å². The van der Waals surface area contributed by atoms with Gasteiger partial charge in [-0.15, -0.1) is 0 Å². The van der Waals surface area contributed by atoms with Crippen LogP contribution in [-0.2, 0) is 19.1 Å². The van der Waals surface area contributed by atoms with E-state index in [0.717, 1.165) is 0 Å². The molecule has 3 aliphatic rings. The third-order valence-electron chi connectivity index (χ3n) is 3.21. The first-order valence-corrected chi connectivity index (χ1v) is 5.01. The number of ether oxygens (including phenoxy) is 2. The van der Waals surface area contributed by atoms with Gasteiger partial charge in [0.25, 0.3) is 0 Å². The SMILES string of the molecule is CC(C)OC(=O)C1C2C(=O)C3OC3C12. The molecule has 3 fully saturated rings. The first-order valence-electron chi connectivity index (χ1n) is 5.01. The third-order valence-corrected chi connectivity index (χ3v) is 3.21. The number of carbonyl (C=O) groups is 2. The molecule has 0 bridgehead atoms. The van der Waals surface area contributed by atoms with Gasteiger partial charge in [0.15, 0.2) is 5.78 Å². The quantitative estimate of drug-likeness (QED) is 0.466. The summed E-state index contributed by atoms with van der Waals surface area (Å²) < 4.78 is 10.2. The summed E-state index contributed by atoms with van der Waals surface area (Å²) in [5, 5.41) is 0. The lowest BCUT2D eigenvalue weighted by Gasteiger charge is -2.07. The molecule has 3 rings (SSSR count). The van der Waals surface area contributed by atoms with Crippen molar-refractivity contribution in [3.63, 3.8) is 0 Å². The van der Waals surface area contributed by atoms with Gasteiger partial charge < -0.3 is 9.47 Å². The summed E-state index contributed by atoms with van der Waals surface area (Å²) in [5.74, 6) is -0.250. The van der Waals surface area contributed by atoms with E-state index >= 15 is 0 Å². The molecule has 14 heavy (non-hydrogen) atoms. The Hall–Kier alpha value is -0.900. The number of ketones is 1. The average Bonchev–Trinajstić information content (AvgIpc) is 2.95. The van der Waals surface area contributed by atoms with Gasteiger partial charge in [-0.05, 0) is 13.8 Å². The van der Waals surface area contributed by atoms with Crippen LogP contribution in [-0.4, -0.2) is 30.1 Å². The van der Waals surface area contributed by atoms with E-state index in [1.807, 2.05) is 13.8 Å². The number of epoxide rings is 1. The molecule has 1 aliphatic heterocycles. The van der Waals surface area contributed by atoms with Crippen LogP contribution in [0.25, 0.3) is 0 Å². The number of hydrogen-bond donors (Lipinski definition) is 0. The van der Waals surface area contributed by atoms with Crippen molar-refractivity contribution in [3.8, 4) is 0 Å². The van der Waals surface area contributed by atoms with E-state index in [0.29, 0.717) is 0 Å². The van der Waals surface area contributed by atoms with Crippen molar-refractivity contribution in [3.05, 3.63) is 0 Å². The second kappa shape index (κ2) is 2.37. The van der Waals surface area contributed by atoms with E-state index in [2.05, 4.69) is 0 Å². The number of esters is 1. The molecule has 2 aliphatic carbocycles. The highest BCUT2D eigenvalue weighted by Crippen LogP contribution is 2.63. The standard InChI is InChI=1S/C10H12O4/c1-3(2)13-10(12)6-4-5(6)8-9(14-8)7(4)11/h3-6,8-9H,1-2H3. The van der Waals surface area contributed by atoms with Gasteiger partial charge in [0.2, 0.25) is 0 Å². The smallest absolute Gasteiger partial charge is 0.310 e. The molecule has 0 radical (unpaired) electrons. The molecule has 0 aromatic rings. The van der Waals surface area contributed by atoms with Crippen molar-refractivity contribution < 1.29 is 19.1 Å². The zero-order chi connectivity index (χ0) is 10.0. The van der Waals surface area contributed by atoms with Crippen LogP contribution in [0.4, 0.5) is 0 Å². The van der Waals surface area contributed by atoms with Crippen LogP contribution in [0.3, 0.4) is 0 Å². The normalized spacial score (nSPS) is 47.4. The van der Waals surface area contributed by atoms with Crippen LogP contribution < -0.4 is 0 Å². The summed E-state index contributed by atoms with van der Waals surface area (Å²) in [6.07, 6.45) is -0.236. The maximum absolute atomic E-state index is 11.5. The van der Waals surface area contributed by atoms with Gasteiger partial charge in [-0.3, -0.25) is 9.59 Å². The van der Waals surface area contributed by atoms with Crippen LogP contribution in [0.1, 0.15) is 13.8 Å². The topological polar surface area (TPSA) is 55.9 Å². The summed E-state index contributed by atoms with van der Waals surface area (Å²) in [7, 11) is 0. The van der Waals surface area contributed by atoms with E-state index in [4.69, 9.17) is 9.47 Å². The molecule has 0 aromatic heterocycles. The fourth-order valence-corrected chi connectivity index (χ4v) is 2.56. The van der Waals surface area contributed by atoms with E-state index in [9.17, 15) is 9.59 Å². The van der Waals surface area contributed by atoms with Crippen LogP contribution in [0.15, 0.2) is 0 Å². The van der Waals surface area contributed by atoms with Gasteiger partial charge in [-0.25, -0.2) is 0 Å². The number of carbonyl (C=O) groups excluding carboxylic acids is 2. The minimum Gasteiger partial charge on any atom is -0.463 e. The van der Waals surface area contributed by atoms with Gasteiger partial charge in [-0.2, -0.15) is 0 Å². The van der Waals surface area contributed by atoms with Crippen molar-refractivity contribution in [2.45, 2.75) is 32.2 Å². The number of Topliss-reactive ketones (excluding diaryl/α,β-unsaturated/α-hetero) is 1. The molecule has 76 valence electrons. The molecule has 0 aromatic carbocycles. The van der Waals surface area contributed by atoms with Gasteiger partial charge >= 0.3 is 5.97 Å². The monoisotopic (exact) mass is 196 g/mol. The lowest BCUT2D eigenvalue weighted by molar-refractivity contribution is -0.150. The zero-order valence-corrected chi connectivity index (χ0v) is 8.10. The number of fused-ring (bicyclic) bond motifs is 3. The van der Waals surface area contributed by atoms with E-state index in [1.54, 1.807) is 0 Å². The maximum atomic E-state index is 11.5. The largest absolute Gasteiger partial charge is 0.463 e. The summed E-state index contributed by atoms with van der Waals surface area (Å²) in [6, 6.07) is 0. The third kappa shape index (κ3) is 0.919. The summed E-state index contributed by atoms with van der Waals surface area (Å²) in [4.78, 5) is 23.0. The summed E-state index contributed by atoms with van der Waals surface area (Å²) in [5.41, 5.74) is 0. The Bertz CT molecular complexity index is 322. The van der Waals surface area contributed by atoms with Crippen molar-refractivity contribution in [2.75, 3.05) is 0 Å². The summed E-state index contributed by atoms with van der Waals surface area (Å²) >= 11 is 0. The summed E-state index contributed by atoms with van der Waals surface area (Å²) in [6.45, 7) is 3.63. The van der Waals surface area contributed by atoms with Crippen molar-refractivity contribution in [2.24, 2.45) is 17.8 Å². The van der Waals surface area contributed by atoms with Gasteiger partial charge in [0.05, 0.1) is 18.1 Å². The fraction of sp³-hybridized carbons (Fsp3) is 0.800. The predicted octanol–water partition coefficient (Wildman–Crippen LogP) is 0.150. The van der Waals surface area contributed by atoms with Crippen molar-refractivity contribution >= 4 is 11.8 Å². The van der Waals surface area contributed by atoms with Crippen LogP contribution in [0.2, 0.25) is 0 Å². The zero-order valence-electron chi connectivity index (χ0n) is 8.10. The minimum absolute atomic E-state index is 0.0391. The second-order valence-corrected chi connectivity index (χ2v) is 4.54. The highest BCUT2D eigenvalue weighted by atomic mass is 16.6. The van der Waals surface area contributed by atoms with E-state index in [1.165, 1.54) is 0 Å². The lowest BCUT2D eigenvalue weighted by Crippen LogP contribution is -2.19. The Morgan fingerprint density at radius 3 is 2.71 bits per heavy atom. The highest BCUT2D eigenvalue weighted by molar-refractivity contribution is 6.00. The number of hydrogen-bond acceptors (Lipinski definition) is 4. The molecule has 4 nitrogen and oxygen atoms in total. The predicted molar refractivity (Wildman–Crippen MR) is 45.4 cm³/mol. The van der Waals surface area contributed by atoms with Gasteiger partial charge in [0.1, 0.15) is 6.10 Å². The fourth-order valence-electron chi connectivity index (χ4n) is 2.56. The Kier molecular flexibility index (Phi) is 1.42. The van der Waals surface area contributed by atoms with Crippen LogP contribution in [0, 0.1) is 17.8 Å². The molecule has 1 saturated heterocycles. The molecular formula is C10H12O4. The molecular weight excluding hydrogens is 184 g/mol. The Morgan fingerprint density at radius 2 is 2.21 bits per heavy atom. The molecule has 1 heterocycles. The van der Waals surface area contributed by atoms with Gasteiger partial charge in [-0.1, -0.05) is 0 Å². The highest BCUT2D eigenvalue weighted by Gasteiger charge is 2.78. The molecule has 0 N–H and O–H groups in total. The number of rotatable bonds is 2. The molecule has 0 spiro atoms. The lowest BCUT2D eigenvalue weighted by atomic mass is 10.1. The first-order chi connectivity index (χ1) is 6.61. The minimum atomic E-state index is -0.225. The molecule has 5 unspecified atom stereocenters. The Balaban J connectivity index is 1.68. The maximum Gasteiger partial charge on any atom is 0.310 e. The van der Waals surface area contributed by atoms with E-state index in [-0.39, 0.29) is 47.8 Å². The van der Waals surface area contributed by atoms with Crippen molar-refractivity contribution in [1.82, 2.24) is 0 Å².